The Bertz CT molecular complexity index is 358. The third-order valence-corrected chi connectivity index (χ3v) is 3.46. The monoisotopic (exact) mass is 204 g/mol. The van der Waals surface area contributed by atoms with Gasteiger partial charge in [0.1, 0.15) is 5.78 Å². The molecule has 1 unspecified atom stereocenters. The molecule has 0 amide bonds. The summed E-state index contributed by atoms with van der Waals surface area (Å²) in [6, 6.07) is 9.45. The van der Waals surface area contributed by atoms with Gasteiger partial charge in [-0.1, -0.05) is 30.3 Å². The van der Waals surface area contributed by atoms with E-state index in [1.807, 2.05) is 37.3 Å². The van der Waals surface area contributed by atoms with Crippen LogP contribution in [0, 0.1) is 5.41 Å². The summed E-state index contributed by atoms with van der Waals surface area (Å²) in [6.45, 7) is 1.88. The Morgan fingerprint density at radius 3 is 2.53 bits per heavy atom. The van der Waals surface area contributed by atoms with Crippen LogP contribution < -0.4 is 0 Å². The topological polar surface area (TPSA) is 37.3 Å². The minimum absolute atomic E-state index is 0.193. The van der Waals surface area contributed by atoms with E-state index < -0.39 is 11.5 Å². The molecule has 0 radical (unpaired) electrons. The lowest BCUT2D eigenvalue weighted by molar-refractivity contribution is -0.131. The van der Waals surface area contributed by atoms with Crippen LogP contribution in [0.1, 0.15) is 37.9 Å². The van der Waals surface area contributed by atoms with Crippen molar-refractivity contribution in [3.63, 3.8) is 0 Å². The van der Waals surface area contributed by atoms with Crippen molar-refractivity contribution >= 4 is 5.78 Å². The van der Waals surface area contributed by atoms with Gasteiger partial charge in [-0.05, 0) is 25.3 Å². The first-order valence-electron chi connectivity index (χ1n) is 5.41. The van der Waals surface area contributed by atoms with Gasteiger partial charge < -0.3 is 5.11 Å². The van der Waals surface area contributed by atoms with E-state index in [2.05, 4.69) is 0 Å². The SMILES string of the molecule is C[C@]1(C(O)c2ccccc2)CCCC1=O. The first kappa shape index (κ1) is 10.4. The molecule has 1 saturated carbocycles. The fraction of sp³-hybridized carbons (Fsp3) is 0.462. The van der Waals surface area contributed by atoms with Crippen molar-refractivity contribution in [3.05, 3.63) is 35.9 Å². The number of carbonyl (C=O) groups is 1. The summed E-state index contributed by atoms with van der Waals surface area (Å²) in [5, 5.41) is 10.2. The molecule has 1 aliphatic rings. The van der Waals surface area contributed by atoms with Crippen molar-refractivity contribution < 1.29 is 9.90 Å². The van der Waals surface area contributed by atoms with Crippen molar-refractivity contribution in [2.75, 3.05) is 0 Å². The van der Waals surface area contributed by atoms with Crippen molar-refractivity contribution in [3.8, 4) is 0 Å². The van der Waals surface area contributed by atoms with Crippen molar-refractivity contribution in [2.45, 2.75) is 32.3 Å². The van der Waals surface area contributed by atoms with E-state index in [0.29, 0.717) is 6.42 Å². The highest BCUT2D eigenvalue weighted by atomic mass is 16.3. The Labute approximate surface area is 89.9 Å². The summed E-state index contributed by atoms with van der Waals surface area (Å²) in [5.41, 5.74) is 0.275. The Balaban J connectivity index is 2.28. The van der Waals surface area contributed by atoms with Crippen LogP contribution in [-0.4, -0.2) is 10.9 Å². The van der Waals surface area contributed by atoms with Crippen molar-refractivity contribution in [2.24, 2.45) is 5.41 Å². The van der Waals surface area contributed by atoms with E-state index in [0.717, 1.165) is 18.4 Å². The standard InChI is InChI=1S/C13H16O2/c1-13(9-5-8-11(13)14)12(15)10-6-3-2-4-7-10/h2-4,6-7,12,15H,5,8-9H2,1H3/t12?,13-/m0/s1. The van der Waals surface area contributed by atoms with Crippen LogP contribution in [0.25, 0.3) is 0 Å². The zero-order chi connectivity index (χ0) is 10.9. The molecule has 0 bridgehead atoms. The van der Waals surface area contributed by atoms with E-state index >= 15 is 0 Å². The molecule has 2 heteroatoms. The van der Waals surface area contributed by atoms with Crippen LogP contribution in [0.3, 0.4) is 0 Å². The number of ketones is 1. The summed E-state index contributed by atoms with van der Waals surface area (Å²) < 4.78 is 0. The van der Waals surface area contributed by atoms with Crippen LogP contribution in [0.15, 0.2) is 30.3 Å². The normalized spacial score (nSPS) is 28.0. The zero-order valence-corrected chi connectivity index (χ0v) is 8.94. The number of carbonyl (C=O) groups excluding carboxylic acids is 1. The van der Waals surface area contributed by atoms with Gasteiger partial charge >= 0.3 is 0 Å². The minimum atomic E-state index is -0.659. The molecule has 2 atom stereocenters. The third-order valence-electron chi connectivity index (χ3n) is 3.46. The molecule has 2 nitrogen and oxygen atoms in total. The number of benzene rings is 1. The van der Waals surface area contributed by atoms with Gasteiger partial charge in [0.15, 0.2) is 0 Å². The molecule has 1 fully saturated rings. The van der Waals surface area contributed by atoms with Gasteiger partial charge in [0.2, 0.25) is 0 Å². The Morgan fingerprint density at radius 1 is 1.33 bits per heavy atom. The first-order chi connectivity index (χ1) is 7.14. The largest absolute Gasteiger partial charge is 0.387 e. The van der Waals surface area contributed by atoms with Crippen LogP contribution >= 0.6 is 0 Å². The molecule has 1 aromatic rings. The molecule has 0 aliphatic heterocycles. The molecular formula is C13H16O2. The second-order valence-corrected chi connectivity index (χ2v) is 4.51. The maximum absolute atomic E-state index is 11.8. The molecule has 1 aromatic carbocycles. The van der Waals surface area contributed by atoms with E-state index in [9.17, 15) is 9.90 Å². The van der Waals surface area contributed by atoms with Crippen molar-refractivity contribution in [1.29, 1.82) is 0 Å². The average molecular weight is 204 g/mol. The van der Waals surface area contributed by atoms with Gasteiger partial charge in [0.25, 0.3) is 0 Å². The number of aliphatic hydroxyl groups excluding tert-OH is 1. The Hall–Kier alpha value is -1.15. The highest BCUT2D eigenvalue weighted by Gasteiger charge is 2.43. The predicted octanol–water partition coefficient (Wildman–Crippen LogP) is 2.48. The number of aliphatic hydroxyl groups is 1. The maximum atomic E-state index is 11.8. The highest BCUT2D eigenvalue weighted by Crippen LogP contribution is 2.44. The first-order valence-corrected chi connectivity index (χ1v) is 5.41. The summed E-state index contributed by atoms with van der Waals surface area (Å²) >= 11 is 0. The second kappa shape index (κ2) is 3.78. The van der Waals surface area contributed by atoms with Crippen LogP contribution in [0.5, 0.6) is 0 Å². The van der Waals surface area contributed by atoms with Crippen LogP contribution in [0.4, 0.5) is 0 Å². The fourth-order valence-electron chi connectivity index (χ4n) is 2.33. The van der Waals surface area contributed by atoms with Crippen LogP contribution in [0.2, 0.25) is 0 Å². The van der Waals surface area contributed by atoms with E-state index in [-0.39, 0.29) is 5.78 Å². The quantitative estimate of drug-likeness (QED) is 0.803. The van der Waals surface area contributed by atoms with Gasteiger partial charge in [-0.25, -0.2) is 0 Å². The summed E-state index contributed by atoms with van der Waals surface area (Å²) in [6.07, 6.45) is 1.65. The fourth-order valence-corrected chi connectivity index (χ4v) is 2.33. The molecular weight excluding hydrogens is 188 g/mol. The summed E-state index contributed by atoms with van der Waals surface area (Å²) in [4.78, 5) is 11.8. The molecule has 0 aromatic heterocycles. The molecule has 0 spiro atoms. The maximum Gasteiger partial charge on any atom is 0.141 e. The molecule has 1 aliphatic carbocycles. The van der Waals surface area contributed by atoms with Gasteiger partial charge in [0.05, 0.1) is 11.5 Å². The molecule has 15 heavy (non-hydrogen) atoms. The zero-order valence-electron chi connectivity index (χ0n) is 8.94. The van der Waals surface area contributed by atoms with E-state index in [1.165, 1.54) is 0 Å². The predicted molar refractivity (Wildman–Crippen MR) is 58.4 cm³/mol. The average Bonchev–Trinajstić information content (AvgIpc) is 2.61. The number of hydrogen-bond acceptors (Lipinski definition) is 2. The van der Waals surface area contributed by atoms with Crippen molar-refractivity contribution in [1.82, 2.24) is 0 Å². The number of rotatable bonds is 2. The molecule has 0 saturated heterocycles. The lowest BCUT2D eigenvalue weighted by Gasteiger charge is -2.28. The van der Waals surface area contributed by atoms with Gasteiger partial charge in [0, 0.05) is 6.42 Å². The molecule has 80 valence electrons. The Morgan fingerprint density at radius 2 is 2.00 bits per heavy atom. The highest BCUT2D eigenvalue weighted by molar-refractivity contribution is 5.87. The van der Waals surface area contributed by atoms with E-state index in [1.54, 1.807) is 0 Å². The summed E-state index contributed by atoms with van der Waals surface area (Å²) in [7, 11) is 0. The minimum Gasteiger partial charge on any atom is -0.387 e. The van der Waals surface area contributed by atoms with Crippen LogP contribution in [-0.2, 0) is 4.79 Å². The van der Waals surface area contributed by atoms with Gasteiger partial charge in [-0.3, -0.25) is 4.79 Å². The lowest BCUT2D eigenvalue weighted by Crippen LogP contribution is -2.29. The molecule has 1 N–H and O–H groups in total. The number of Topliss-reactive ketones (excluding diaryl/α,β-unsaturated/α-hetero) is 1. The smallest absolute Gasteiger partial charge is 0.141 e. The summed E-state index contributed by atoms with van der Waals surface area (Å²) in [5.74, 6) is 0.193. The third kappa shape index (κ3) is 1.70. The second-order valence-electron chi connectivity index (χ2n) is 4.51. The van der Waals surface area contributed by atoms with Gasteiger partial charge in [-0.2, -0.15) is 0 Å². The molecule has 0 heterocycles. The Kier molecular flexibility index (Phi) is 2.61. The molecule has 2 rings (SSSR count). The van der Waals surface area contributed by atoms with Gasteiger partial charge in [-0.15, -0.1) is 0 Å². The van der Waals surface area contributed by atoms with E-state index in [4.69, 9.17) is 0 Å². The lowest BCUT2D eigenvalue weighted by atomic mass is 9.78. The number of hydrogen-bond donors (Lipinski definition) is 1.